The lowest BCUT2D eigenvalue weighted by Gasteiger charge is -2.21. The van der Waals surface area contributed by atoms with Crippen molar-refractivity contribution in [3.8, 4) is 12.3 Å². The van der Waals surface area contributed by atoms with Crippen molar-refractivity contribution in [2.75, 3.05) is 18.0 Å². The smallest absolute Gasteiger partial charge is 0.335 e. The van der Waals surface area contributed by atoms with Crippen LogP contribution in [0, 0.1) is 18.3 Å². The Morgan fingerprint density at radius 3 is 2.89 bits per heavy atom. The van der Waals surface area contributed by atoms with Crippen LogP contribution in [0.1, 0.15) is 23.2 Å². The molecule has 0 aliphatic heterocycles. The number of halogens is 1. The van der Waals surface area contributed by atoms with Crippen molar-refractivity contribution in [3.05, 3.63) is 22.8 Å². The summed E-state index contributed by atoms with van der Waals surface area (Å²) in [5, 5.41) is 9.16. The van der Waals surface area contributed by atoms with Crippen LogP contribution in [0.3, 0.4) is 0 Å². The molecule has 1 aliphatic carbocycles. The fraction of sp³-hybridized carbons (Fsp3) is 0.385. The Hall–Kier alpha value is -1.73. The van der Waals surface area contributed by atoms with E-state index in [0.717, 1.165) is 6.54 Å². The summed E-state index contributed by atoms with van der Waals surface area (Å²) in [6.45, 7) is 1.21. The summed E-state index contributed by atoms with van der Waals surface area (Å²) in [5.41, 5.74) is 0.128. The fourth-order valence-corrected chi connectivity index (χ4v) is 1.93. The Kier molecular flexibility index (Phi) is 3.73. The molecule has 0 bridgehead atoms. The number of hydrogen-bond acceptors (Lipinski definition) is 3. The highest BCUT2D eigenvalue weighted by atomic mass is 35.5. The predicted molar refractivity (Wildman–Crippen MR) is 70.0 cm³/mol. The lowest BCUT2D eigenvalue weighted by atomic mass is 10.2. The van der Waals surface area contributed by atoms with Gasteiger partial charge in [-0.3, -0.25) is 0 Å². The summed E-state index contributed by atoms with van der Waals surface area (Å²) < 4.78 is 0. The third-order valence-corrected chi connectivity index (χ3v) is 3.00. The second kappa shape index (κ2) is 5.28. The van der Waals surface area contributed by atoms with E-state index < -0.39 is 5.97 Å². The van der Waals surface area contributed by atoms with Crippen LogP contribution in [-0.4, -0.2) is 29.1 Å². The number of carbonyl (C=O) groups is 1. The number of carboxylic acids is 1. The van der Waals surface area contributed by atoms with Gasteiger partial charge in [-0.25, -0.2) is 9.78 Å². The lowest BCUT2D eigenvalue weighted by Crippen LogP contribution is -2.27. The molecular weight excluding hydrogens is 252 g/mol. The molecule has 1 N–H and O–H groups in total. The Morgan fingerprint density at radius 1 is 1.61 bits per heavy atom. The van der Waals surface area contributed by atoms with Gasteiger partial charge >= 0.3 is 5.97 Å². The number of nitrogens with zero attached hydrogens (tertiary/aromatic N) is 2. The van der Waals surface area contributed by atoms with Crippen molar-refractivity contribution in [2.45, 2.75) is 12.8 Å². The number of terminal acetylenes is 1. The predicted octanol–water partition coefficient (Wildman–Crippen LogP) is 2.28. The van der Waals surface area contributed by atoms with Crippen molar-refractivity contribution in [1.82, 2.24) is 4.98 Å². The molecule has 1 aromatic heterocycles. The first kappa shape index (κ1) is 12.7. The third-order valence-electron chi connectivity index (χ3n) is 2.81. The van der Waals surface area contributed by atoms with E-state index in [1.807, 2.05) is 4.90 Å². The second-order valence-corrected chi connectivity index (χ2v) is 4.76. The largest absolute Gasteiger partial charge is 0.478 e. The highest BCUT2D eigenvalue weighted by Crippen LogP contribution is 2.31. The molecule has 0 unspecified atom stereocenters. The summed E-state index contributed by atoms with van der Waals surface area (Å²) in [4.78, 5) is 17.0. The molecule has 0 spiro atoms. The summed E-state index contributed by atoms with van der Waals surface area (Å²) >= 11 is 5.84. The first-order valence-corrected chi connectivity index (χ1v) is 6.07. The number of aromatic carboxylic acids is 1. The molecule has 5 heteroatoms. The number of pyridine rings is 1. The molecule has 0 saturated heterocycles. The van der Waals surface area contributed by atoms with Crippen LogP contribution in [0.15, 0.2) is 12.1 Å². The quantitative estimate of drug-likeness (QED) is 0.655. The van der Waals surface area contributed by atoms with Crippen molar-refractivity contribution in [1.29, 1.82) is 0 Å². The van der Waals surface area contributed by atoms with Gasteiger partial charge in [0.1, 0.15) is 11.0 Å². The Morgan fingerprint density at radius 2 is 2.33 bits per heavy atom. The molecule has 1 fully saturated rings. The fourth-order valence-electron chi connectivity index (χ4n) is 1.73. The molecule has 94 valence electrons. The molecular formula is C13H13ClN2O2. The van der Waals surface area contributed by atoms with Gasteiger partial charge in [0.25, 0.3) is 0 Å². The van der Waals surface area contributed by atoms with E-state index in [0.29, 0.717) is 18.3 Å². The van der Waals surface area contributed by atoms with Crippen LogP contribution in [0.4, 0.5) is 5.82 Å². The highest BCUT2D eigenvalue weighted by molar-refractivity contribution is 6.29. The zero-order valence-electron chi connectivity index (χ0n) is 9.77. The Labute approximate surface area is 111 Å². The molecule has 1 aliphatic rings. The summed E-state index contributed by atoms with van der Waals surface area (Å²) in [6, 6.07) is 2.84. The number of rotatable bonds is 5. The van der Waals surface area contributed by atoms with Gasteiger partial charge in [0, 0.05) is 6.54 Å². The van der Waals surface area contributed by atoms with Crippen molar-refractivity contribution >= 4 is 23.4 Å². The molecule has 1 saturated carbocycles. The second-order valence-electron chi connectivity index (χ2n) is 4.37. The molecule has 0 amide bonds. The first-order valence-electron chi connectivity index (χ1n) is 5.69. The number of anilines is 1. The van der Waals surface area contributed by atoms with E-state index in [-0.39, 0.29) is 10.7 Å². The topological polar surface area (TPSA) is 53.4 Å². The van der Waals surface area contributed by atoms with Gasteiger partial charge in [-0.2, -0.15) is 0 Å². The average Bonchev–Trinajstić information content (AvgIpc) is 3.11. The summed E-state index contributed by atoms with van der Waals surface area (Å²) in [7, 11) is 0. The standard InChI is InChI=1S/C13H13ClN2O2/c1-2-5-16(8-9-3-4-9)12-7-10(13(17)18)6-11(14)15-12/h1,6-7,9H,3-5,8H2,(H,17,18). The minimum Gasteiger partial charge on any atom is -0.478 e. The average molecular weight is 265 g/mol. The maximum Gasteiger partial charge on any atom is 0.335 e. The Balaban J connectivity index is 2.27. The van der Waals surface area contributed by atoms with Gasteiger partial charge in [0.2, 0.25) is 0 Å². The third kappa shape index (κ3) is 3.14. The van der Waals surface area contributed by atoms with E-state index in [1.165, 1.54) is 25.0 Å². The van der Waals surface area contributed by atoms with Gasteiger partial charge in [0.05, 0.1) is 12.1 Å². The van der Waals surface area contributed by atoms with E-state index in [9.17, 15) is 4.79 Å². The summed E-state index contributed by atoms with van der Waals surface area (Å²) in [5.74, 6) is 2.71. The minimum atomic E-state index is -1.02. The zero-order valence-corrected chi connectivity index (χ0v) is 10.5. The number of carboxylic acid groups (broad SMARTS) is 1. The van der Waals surface area contributed by atoms with Crippen LogP contribution < -0.4 is 4.90 Å². The van der Waals surface area contributed by atoms with Crippen LogP contribution in [0.25, 0.3) is 0 Å². The van der Waals surface area contributed by atoms with Crippen LogP contribution in [-0.2, 0) is 0 Å². The van der Waals surface area contributed by atoms with Gasteiger partial charge in [-0.15, -0.1) is 6.42 Å². The Bertz CT molecular complexity index is 506. The SMILES string of the molecule is C#CCN(CC1CC1)c1cc(C(=O)O)cc(Cl)n1. The monoisotopic (exact) mass is 264 g/mol. The van der Waals surface area contributed by atoms with Crippen LogP contribution >= 0.6 is 11.6 Å². The minimum absolute atomic E-state index is 0.128. The molecule has 4 nitrogen and oxygen atoms in total. The van der Waals surface area contributed by atoms with E-state index >= 15 is 0 Å². The van der Waals surface area contributed by atoms with Gasteiger partial charge < -0.3 is 10.0 Å². The van der Waals surface area contributed by atoms with Gasteiger partial charge in [-0.05, 0) is 30.9 Å². The van der Waals surface area contributed by atoms with Gasteiger partial charge in [0.15, 0.2) is 0 Å². The lowest BCUT2D eigenvalue weighted by molar-refractivity contribution is 0.0697. The maximum atomic E-state index is 11.0. The maximum absolute atomic E-state index is 11.0. The molecule has 0 aromatic carbocycles. The molecule has 1 heterocycles. The number of hydrogen-bond donors (Lipinski definition) is 1. The van der Waals surface area contributed by atoms with Crippen molar-refractivity contribution in [2.24, 2.45) is 5.92 Å². The highest BCUT2D eigenvalue weighted by Gasteiger charge is 2.25. The van der Waals surface area contributed by atoms with Crippen LogP contribution in [0.2, 0.25) is 5.15 Å². The zero-order chi connectivity index (χ0) is 13.1. The summed E-state index contributed by atoms with van der Waals surface area (Å²) in [6.07, 6.45) is 7.71. The molecule has 0 atom stereocenters. The van der Waals surface area contributed by atoms with Crippen LogP contribution in [0.5, 0.6) is 0 Å². The van der Waals surface area contributed by atoms with Crippen molar-refractivity contribution in [3.63, 3.8) is 0 Å². The molecule has 18 heavy (non-hydrogen) atoms. The normalized spacial score (nSPS) is 14.0. The van der Waals surface area contributed by atoms with E-state index in [4.69, 9.17) is 23.1 Å². The van der Waals surface area contributed by atoms with E-state index in [2.05, 4.69) is 10.9 Å². The van der Waals surface area contributed by atoms with Gasteiger partial charge in [-0.1, -0.05) is 17.5 Å². The van der Waals surface area contributed by atoms with Crippen molar-refractivity contribution < 1.29 is 9.90 Å². The van der Waals surface area contributed by atoms with E-state index in [1.54, 1.807) is 0 Å². The first-order chi connectivity index (χ1) is 8.60. The molecule has 1 aromatic rings. The molecule has 0 radical (unpaired) electrons. The number of aromatic nitrogens is 1. The molecule has 2 rings (SSSR count).